The lowest BCUT2D eigenvalue weighted by Crippen LogP contribution is -2.32. The van der Waals surface area contributed by atoms with Gasteiger partial charge in [0.05, 0.1) is 11.6 Å². The lowest BCUT2D eigenvalue weighted by molar-refractivity contribution is -0.121. The zero-order chi connectivity index (χ0) is 13.5. The maximum atomic E-state index is 12.2. The summed E-state index contributed by atoms with van der Waals surface area (Å²) in [4.78, 5) is 17.8. The van der Waals surface area contributed by atoms with Gasteiger partial charge in [-0.05, 0) is 18.6 Å². The van der Waals surface area contributed by atoms with Crippen LogP contribution in [0.4, 0.5) is 5.82 Å². The van der Waals surface area contributed by atoms with Gasteiger partial charge < -0.3 is 0 Å². The lowest BCUT2D eigenvalue weighted by Gasteiger charge is -2.20. The molecule has 1 aromatic heterocycles. The van der Waals surface area contributed by atoms with Crippen molar-refractivity contribution < 1.29 is 4.79 Å². The van der Waals surface area contributed by atoms with Crippen LogP contribution in [0.2, 0.25) is 0 Å². The first-order valence-corrected chi connectivity index (χ1v) is 6.23. The number of rotatable bonds is 5. The molecule has 1 atom stereocenters. The minimum atomic E-state index is -0.0116. The summed E-state index contributed by atoms with van der Waals surface area (Å²) < 4.78 is 0. The molecule has 4 heteroatoms. The molecule has 1 amide bonds. The van der Waals surface area contributed by atoms with E-state index in [1.165, 1.54) is 4.90 Å². The van der Waals surface area contributed by atoms with Gasteiger partial charge in [-0.3, -0.25) is 9.69 Å². The molecule has 0 saturated heterocycles. The van der Waals surface area contributed by atoms with E-state index in [9.17, 15) is 4.79 Å². The summed E-state index contributed by atoms with van der Waals surface area (Å²) in [7, 11) is 1.70. The molecule has 0 aliphatic heterocycles. The molecule has 0 fully saturated rings. The summed E-state index contributed by atoms with van der Waals surface area (Å²) in [5.41, 5.74) is 0.515. The van der Waals surface area contributed by atoms with Crippen LogP contribution >= 0.6 is 0 Å². The molecule has 1 unspecified atom stereocenters. The van der Waals surface area contributed by atoms with Crippen molar-refractivity contribution in [3.63, 3.8) is 0 Å². The number of hydrogen-bond acceptors (Lipinski definition) is 3. The number of nitrogens with zero attached hydrogens (tertiary/aromatic N) is 3. The second kappa shape index (κ2) is 6.75. The molecule has 96 valence electrons. The van der Waals surface area contributed by atoms with Crippen molar-refractivity contribution in [3.05, 3.63) is 23.9 Å². The Labute approximate surface area is 108 Å². The van der Waals surface area contributed by atoms with Crippen LogP contribution in [0, 0.1) is 17.2 Å². The second-order valence-corrected chi connectivity index (χ2v) is 4.46. The number of nitriles is 1. The summed E-state index contributed by atoms with van der Waals surface area (Å²) in [5, 5.41) is 8.83. The first kappa shape index (κ1) is 14.2. The number of amides is 1. The molecule has 0 N–H and O–H groups in total. The Balaban J connectivity index is 2.76. The van der Waals surface area contributed by atoms with Gasteiger partial charge in [-0.1, -0.05) is 26.7 Å². The Morgan fingerprint density at radius 1 is 1.61 bits per heavy atom. The van der Waals surface area contributed by atoms with Gasteiger partial charge in [0.2, 0.25) is 5.91 Å². The molecular formula is C14H19N3O. The molecule has 1 aromatic rings. The van der Waals surface area contributed by atoms with Crippen molar-refractivity contribution in [3.8, 4) is 6.07 Å². The van der Waals surface area contributed by atoms with Crippen molar-refractivity contribution in [2.75, 3.05) is 11.9 Å². The third kappa shape index (κ3) is 3.56. The van der Waals surface area contributed by atoms with E-state index in [0.29, 0.717) is 11.4 Å². The van der Waals surface area contributed by atoms with E-state index >= 15 is 0 Å². The predicted octanol–water partition coefficient (Wildman–Crippen LogP) is 2.74. The summed E-state index contributed by atoms with van der Waals surface area (Å²) >= 11 is 0. The average Bonchev–Trinajstić information content (AvgIpc) is 2.43. The van der Waals surface area contributed by atoms with Gasteiger partial charge in [-0.2, -0.15) is 5.26 Å². The molecule has 4 nitrogen and oxygen atoms in total. The van der Waals surface area contributed by atoms with Gasteiger partial charge in [-0.15, -0.1) is 0 Å². The van der Waals surface area contributed by atoms with Crippen molar-refractivity contribution >= 4 is 11.7 Å². The van der Waals surface area contributed by atoms with Crippen LogP contribution in [-0.4, -0.2) is 17.9 Å². The fraction of sp³-hybridized carbons (Fsp3) is 0.500. The first-order chi connectivity index (χ1) is 8.60. The summed E-state index contributed by atoms with van der Waals surface area (Å²) in [5.74, 6) is 0.566. The third-order valence-electron chi connectivity index (χ3n) is 2.96. The quantitative estimate of drug-likeness (QED) is 0.801. The van der Waals surface area contributed by atoms with Gasteiger partial charge in [0.25, 0.3) is 0 Å². The maximum Gasteiger partial charge on any atom is 0.230 e. The first-order valence-electron chi connectivity index (χ1n) is 6.23. The largest absolute Gasteiger partial charge is 0.300 e. The highest BCUT2D eigenvalue weighted by Crippen LogP contribution is 2.16. The van der Waals surface area contributed by atoms with Gasteiger partial charge in [0.1, 0.15) is 5.82 Å². The Morgan fingerprint density at radius 3 is 2.94 bits per heavy atom. The van der Waals surface area contributed by atoms with E-state index in [2.05, 4.69) is 11.9 Å². The van der Waals surface area contributed by atoms with E-state index < -0.39 is 0 Å². The number of anilines is 1. The number of hydrogen-bond donors (Lipinski definition) is 0. The lowest BCUT2D eigenvalue weighted by atomic mass is 10.0. The van der Waals surface area contributed by atoms with Crippen LogP contribution < -0.4 is 4.90 Å². The van der Waals surface area contributed by atoms with Crippen molar-refractivity contribution in [1.29, 1.82) is 5.26 Å². The molecule has 1 heterocycles. The van der Waals surface area contributed by atoms with Gasteiger partial charge in [0.15, 0.2) is 0 Å². The standard InChI is InChI=1S/C14H19N3O/c1-4-5-6-11(2)14(18)17(3)13-9-12(10-15)7-8-16-13/h7-9,11H,4-6H2,1-3H3. The number of carbonyl (C=O) groups is 1. The average molecular weight is 245 g/mol. The summed E-state index contributed by atoms with van der Waals surface area (Å²) in [6.45, 7) is 4.04. The van der Waals surface area contributed by atoms with Crippen LogP contribution in [0.25, 0.3) is 0 Å². The van der Waals surface area contributed by atoms with E-state index in [-0.39, 0.29) is 11.8 Å². The summed E-state index contributed by atoms with van der Waals surface area (Å²) in [6, 6.07) is 5.30. The highest BCUT2D eigenvalue weighted by molar-refractivity contribution is 5.93. The molecule has 0 bridgehead atoms. The zero-order valence-electron chi connectivity index (χ0n) is 11.2. The molecule has 1 rings (SSSR count). The van der Waals surface area contributed by atoms with Gasteiger partial charge in [0, 0.05) is 19.2 Å². The van der Waals surface area contributed by atoms with Crippen LogP contribution in [0.3, 0.4) is 0 Å². The topological polar surface area (TPSA) is 57.0 Å². The molecule has 0 aliphatic carbocycles. The molecule has 0 aliphatic rings. The highest BCUT2D eigenvalue weighted by atomic mass is 16.2. The number of aromatic nitrogens is 1. The number of pyridine rings is 1. The fourth-order valence-corrected chi connectivity index (χ4v) is 1.75. The van der Waals surface area contributed by atoms with Crippen LogP contribution in [0.5, 0.6) is 0 Å². The SMILES string of the molecule is CCCCC(C)C(=O)N(C)c1cc(C#N)ccn1. The van der Waals surface area contributed by atoms with Crippen molar-refractivity contribution in [2.24, 2.45) is 5.92 Å². The Hall–Kier alpha value is -1.89. The molecular weight excluding hydrogens is 226 g/mol. The summed E-state index contributed by atoms with van der Waals surface area (Å²) in [6.07, 6.45) is 4.57. The normalized spacial score (nSPS) is 11.7. The van der Waals surface area contributed by atoms with Gasteiger partial charge >= 0.3 is 0 Å². The Bertz CT molecular complexity index is 451. The molecule has 0 radical (unpaired) electrons. The van der Waals surface area contributed by atoms with Crippen LogP contribution in [0.1, 0.15) is 38.7 Å². The fourth-order valence-electron chi connectivity index (χ4n) is 1.75. The Morgan fingerprint density at radius 2 is 2.33 bits per heavy atom. The Kier molecular flexibility index (Phi) is 5.31. The van der Waals surface area contributed by atoms with Gasteiger partial charge in [-0.25, -0.2) is 4.98 Å². The van der Waals surface area contributed by atoms with Crippen LogP contribution in [0.15, 0.2) is 18.3 Å². The van der Waals surface area contributed by atoms with E-state index in [0.717, 1.165) is 19.3 Å². The van der Waals surface area contributed by atoms with Crippen molar-refractivity contribution in [1.82, 2.24) is 4.98 Å². The number of unbranched alkanes of at least 4 members (excludes halogenated alkanes) is 1. The maximum absolute atomic E-state index is 12.2. The molecule has 0 aromatic carbocycles. The van der Waals surface area contributed by atoms with E-state index in [1.54, 1.807) is 25.4 Å². The minimum Gasteiger partial charge on any atom is -0.300 e. The monoisotopic (exact) mass is 245 g/mol. The van der Waals surface area contributed by atoms with Crippen molar-refractivity contribution in [2.45, 2.75) is 33.1 Å². The molecule has 18 heavy (non-hydrogen) atoms. The van der Waals surface area contributed by atoms with E-state index in [1.807, 2.05) is 13.0 Å². The predicted molar refractivity (Wildman–Crippen MR) is 71.1 cm³/mol. The molecule has 0 saturated carbocycles. The zero-order valence-corrected chi connectivity index (χ0v) is 11.2. The van der Waals surface area contributed by atoms with Crippen LogP contribution in [-0.2, 0) is 4.79 Å². The third-order valence-corrected chi connectivity index (χ3v) is 2.96. The second-order valence-electron chi connectivity index (χ2n) is 4.46. The van der Waals surface area contributed by atoms with E-state index in [4.69, 9.17) is 5.26 Å². The minimum absolute atomic E-state index is 0.0116. The number of carbonyl (C=O) groups excluding carboxylic acids is 1. The highest BCUT2D eigenvalue weighted by Gasteiger charge is 2.19. The molecule has 0 spiro atoms. The smallest absolute Gasteiger partial charge is 0.230 e.